The Morgan fingerprint density at radius 1 is 1.03 bits per heavy atom. The van der Waals surface area contributed by atoms with E-state index in [9.17, 15) is 19.2 Å². The zero-order valence-electron chi connectivity index (χ0n) is 17.4. The van der Waals surface area contributed by atoms with Crippen molar-refractivity contribution in [2.24, 2.45) is 11.3 Å². The van der Waals surface area contributed by atoms with Gasteiger partial charge in [0.2, 0.25) is 5.91 Å². The summed E-state index contributed by atoms with van der Waals surface area (Å²) in [5, 5.41) is 0. The van der Waals surface area contributed by atoms with Crippen molar-refractivity contribution < 1.29 is 23.9 Å². The molecule has 29 heavy (non-hydrogen) atoms. The van der Waals surface area contributed by atoms with Gasteiger partial charge in [-0.15, -0.1) is 0 Å². The molecule has 0 unspecified atom stereocenters. The molecule has 1 aliphatic rings. The predicted molar refractivity (Wildman–Crippen MR) is 106 cm³/mol. The molecule has 0 saturated carbocycles. The molecule has 2 rings (SSSR count). The van der Waals surface area contributed by atoms with Crippen LogP contribution in [0.3, 0.4) is 0 Å². The summed E-state index contributed by atoms with van der Waals surface area (Å²) in [7, 11) is 0. The highest BCUT2D eigenvalue weighted by atomic mass is 16.5. The smallest absolute Gasteiger partial charge is 0.309 e. The van der Waals surface area contributed by atoms with Crippen LogP contribution in [0.5, 0.6) is 0 Å². The maximum atomic E-state index is 12.4. The second-order valence-corrected chi connectivity index (χ2v) is 8.20. The normalized spacial score (nSPS) is 15.9. The largest absolute Gasteiger partial charge is 0.452 e. The molecular formula is C21H29N3O5. The first-order valence-corrected chi connectivity index (χ1v) is 9.74. The minimum Gasteiger partial charge on any atom is -0.452 e. The molecule has 0 spiro atoms. The monoisotopic (exact) mass is 403 g/mol. The Bertz CT molecular complexity index is 749. The molecule has 1 atom stereocenters. The molecule has 8 heteroatoms. The number of likely N-dealkylation sites (tertiary alicyclic amines) is 1. The van der Waals surface area contributed by atoms with Gasteiger partial charge in [0.05, 0.1) is 5.92 Å². The van der Waals surface area contributed by atoms with E-state index in [0.717, 1.165) is 0 Å². The number of piperidine rings is 1. The van der Waals surface area contributed by atoms with Crippen LogP contribution in [0.15, 0.2) is 30.3 Å². The molecule has 2 N–H and O–H groups in total. The Morgan fingerprint density at radius 3 is 2.17 bits per heavy atom. The lowest BCUT2D eigenvalue weighted by Crippen LogP contribution is -2.48. The fourth-order valence-electron chi connectivity index (χ4n) is 3.00. The quantitative estimate of drug-likeness (QED) is 0.588. The molecule has 158 valence electrons. The lowest BCUT2D eigenvalue weighted by Gasteiger charge is -2.35. The van der Waals surface area contributed by atoms with Crippen molar-refractivity contribution in [3.63, 3.8) is 0 Å². The van der Waals surface area contributed by atoms with E-state index in [1.54, 1.807) is 35.2 Å². The maximum Gasteiger partial charge on any atom is 0.309 e. The van der Waals surface area contributed by atoms with Crippen LogP contribution in [-0.4, -0.2) is 47.8 Å². The number of carbonyl (C=O) groups excluding carboxylic acids is 4. The summed E-state index contributed by atoms with van der Waals surface area (Å²) in [5.74, 6) is -1.85. The third-order valence-corrected chi connectivity index (χ3v) is 4.75. The Kier molecular flexibility index (Phi) is 7.36. The van der Waals surface area contributed by atoms with Crippen LogP contribution in [0.4, 0.5) is 0 Å². The zero-order chi connectivity index (χ0) is 21.6. The highest BCUT2D eigenvalue weighted by molar-refractivity contribution is 5.95. The van der Waals surface area contributed by atoms with Crippen LogP contribution >= 0.6 is 0 Å². The number of nitrogens with zero attached hydrogens (tertiary/aromatic N) is 1. The SMILES string of the molecule is C[C@@H](OC(=O)C1CCN(C(=O)C(C)(C)C)CC1)C(=O)NNC(=O)c1ccccc1. The van der Waals surface area contributed by atoms with Crippen molar-refractivity contribution in [3.8, 4) is 0 Å². The van der Waals surface area contributed by atoms with E-state index in [1.165, 1.54) is 6.92 Å². The van der Waals surface area contributed by atoms with E-state index < -0.39 is 29.3 Å². The summed E-state index contributed by atoms with van der Waals surface area (Å²) in [6.45, 7) is 8.03. The standard InChI is InChI=1S/C21H29N3O5/c1-14(17(25)22-23-18(26)15-8-6-5-7-9-15)29-19(27)16-10-12-24(13-11-16)20(28)21(2,3)4/h5-9,14,16H,10-13H2,1-4H3,(H,22,25)(H,23,26)/t14-/m1/s1. The first-order valence-electron chi connectivity index (χ1n) is 9.74. The molecule has 1 aromatic rings. The number of benzene rings is 1. The van der Waals surface area contributed by atoms with Gasteiger partial charge in [-0.1, -0.05) is 39.0 Å². The lowest BCUT2D eigenvalue weighted by molar-refractivity contribution is -0.161. The molecule has 0 aliphatic carbocycles. The van der Waals surface area contributed by atoms with E-state index in [4.69, 9.17) is 4.74 Å². The van der Waals surface area contributed by atoms with E-state index in [2.05, 4.69) is 10.9 Å². The number of hydrogen-bond acceptors (Lipinski definition) is 5. The maximum absolute atomic E-state index is 12.4. The Hall–Kier alpha value is -2.90. The first kappa shape index (κ1) is 22.4. The first-order chi connectivity index (χ1) is 13.6. The molecule has 1 saturated heterocycles. The topological polar surface area (TPSA) is 105 Å². The van der Waals surface area contributed by atoms with Crippen molar-refractivity contribution in [2.45, 2.75) is 46.6 Å². The second kappa shape index (κ2) is 9.54. The van der Waals surface area contributed by atoms with E-state index >= 15 is 0 Å². The zero-order valence-corrected chi connectivity index (χ0v) is 17.4. The summed E-state index contributed by atoms with van der Waals surface area (Å²) >= 11 is 0. The molecule has 1 fully saturated rings. The molecular weight excluding hydrogens is 374 g/mol. The molecule has 1 aromatic carbocycles. The fraction of sp³-hybridized carbons (Fsp3) is 0.524. The van der Waals surface area contributed by atoms with Gasteiger partial charge >= 0.3 is 5.97 Å². The van der Waals surface area contributed by atoms with Gasteiger partial charge < -0.3 is 9.64 Å². The summed E-state index contributed by atoms with van der Waals surface area (Å²) in [6, 6.07) is 8.42. The Morgan fingerprint density at radius 2 is 1.62 bits per heavy atom. The minimum absolute atomic E-state index is 0.0613. The molecule has 0 aromatic heterocycles. The van der Waals surface area contributed by atoms with Gasteiger partial charge in [-0.25, -0.2) is 0 Å². The van der Waals surface area contributed by atoms with Crippen LogP contribution in [-0.2, 0) is 19.1 Å². The van der Waals surface area contributed by atoms with Crippen LogP contribution in [0.2, 0.25) is 0 Å². The lowest BCUT2D eigenvalue weighted by atomic mass is 9.91. The summed E-state index contributed by atoms with van der Waals surface area (Å²) in [6.07, 6.45) is -0.0488. The summed E-state index contributed by atoms with van der Waals surface area (Å²) < 4.78 is 5.25. The van der Waals surface area contributed by atoms with Crippen LogP contribution in [0.25, 0.3) is 0 Å². The van der Waals surface area contributed by atoms with Crippen molar-refractivity contribution in [2.75, 3.05) is 13.1 Å². The van der Waals surface area contributed by atoms with Gasteiger partial charge in [-0.3, -0.25) is 30.0 Å². The van der Waals surface area contributed by atoms with E-state index in [1.807, 2.05) is 20.8 Å². The third kappa shape index (κ3) is 6.30. The Labute approximate surface area is 170 Å². The average Bonchev–Trinajstić information content (AvgIpc) is 2.71. The van der Waals surface area contributed by atoms with Crippen LogP contribution < -0.4 is 10.9 Å². The third-order valence-electron chi connectivity index (χ3n) is 4.75. The summed E-state index contributed by atoms with van der Waals surface area (Å²) in [4.78, 5) is 50.5. The molecule has 0 bridgehead atoms. The van der Waals surface area contributed by atoms with Crippen LogP contribution in [0.1, 0.15) is 50.9 Å². The van der Waals surface area contributed by atoms with E-state index in [-0.39, 0.29) is 11.8 Å². The van der Waals surface area contributed by atoms with Gasteiger partial charge in [-0.05, 0) is 31.9 Å². The molecule has 8 nitrogen and oxygen atoms in total. The molecule has 1 heterocycles. The van der Waals surface area contributed by atoms with Gasteiger partial charge in [0, 0.05) is 24.1 Å². The Balaban J connectivity index is 1.76. The number of amides is 3. The van der Waals surface area contributed by atoms with Gasteiger partial charge in [0.25, 0.3) is 11.8 Å². The molecule has 1 aliphatic heterocycles. The van der Waals surface area contributed by atoms with Gasteiger partial charge in [0.15, 0.2) is 6.10 Å². The van der Waals surface area contributed by atoms with Gasteiger partial charge in [-0.2, -0.15) is 0 Å². The number of ether oxygens (including phenoxy) is 1. The number of rotatable bonds is 4. The van der Waals surface area contributed by atoms with Crippen molar-refractivity contribution in [1.29, 1.82) is 0 Å². The highest BCUT2D eigenvalue weighted by Crippen LogP contribution is 2.24. The number of nitrogens with one attached hydrogen (secondary N) is 2. The van der Waals surface area contributed by atoms with Crippen molar-refractivity contribution in [1.82, 2.24) is 15.8 Å². The number of esters is 1. The minimum atomic E-state index is -1.05. The highest BCUT2D eigenvalue weighted by Gasteiger charge is 2.34. The van der Waals surface area contributed by atoms with Crippen molar-refractivity contribution in [3.05, 3.63) is 35.9 Å². The fourth-order valence-corrected chi connectivity index (χ4v) is 3.00. The molecule has 3 amide bonds. The van der Waals surface area contributed by atoms with Crippen molar-refractivity contribution >= 4 is 23.7 Å². The number of hydrogen-bond donors (Lipinski definition) is 2. The van der Waals surface area contributed by atoms with Crippen LogP contribution in [0, 0.1) is 11.3 Å². The number of hydrazine groups is 1. The predicted octanol–water partition coefficient (Wildman–Crippen LogP) is 1.66. The number of carbonyl (C=O) groups is 4. The second-order valence-electron chi connectivity index (χ2n) is 8.20. The molecule has 0 radical (unpaired) electrons. The van der Waals surface area contributed by atoms with E-state index in [0.29, 0.717) is 31.5 Å². The van der Waals surface area contributed by atoms with Gasteiger partial charge in [0.1, 0.15) is 0 Å². The summed E-state index contributed by atoms with van der Waals surface area (Å²) in [5.41, 5.74) is 4.49. The average molecular weight is 403 g/mol.